The fourth-order valence-corrected chi connectivity index (χ4v) is 5.20. The van der Waals surface area contributed by atoms with Crippen molar-refractivity contribution >= 4 is 34.3 Å². The molecule has 0 bridgehead atoms. The van der Waals surface area contributed by atoms with Crippen LogP contribution in [0.15, 0.2) is 72.8 Å². The van der Waals surface area contributed by atoms with Crippen molar-refractivity contribution in [3.63, 3.8) is 0 Å². The smallest absolute Gasteiger partial charge is 0.221 e. The predicted molar refractivity (Wildman–Crippen MR) is 150 cm³/mol. The van der Waals surface area contributed by atoms with Gasteiger partial charge in [0, 0.05) is 24.8 Å². The largest absolute Gasteiger partial charge is 0.497 e. The minimum Gasteiger partial charge on any atom is -0.497 e. The highest BCUT2D eigenvalue weighted by atomic mass is 16.5. The van der Waals surface area contributed by atoms with Gasteiger partial charge in [-0.05, 0) is 98.9 Å². The average molecular weight is 498 g/mol. The second-order valence-corrected chi connectivity index (χ2v) is 9.70. The molecule has 1 amide bonds. The summed E-state index contributed by atoms with van der Waals surface area (Å²) in [6, 6.07) is 24.6. The van der Waals surface area contributed by atoms with Gasteiger partial charge in [0.2, 0.25) is 11.9 Å². The number of amides is 1. The normalized spacial score (nSPS) is 14.5. The van der Waals surface area contributed by atoms with Crippen molar-refractivity contribution in [3.05, 3.63) is 78.4 Å². The Labute approximate surface area is 218 Å². The zero-order valence-electron chi connectivity index (χ0n) is 21.6. The number of methoxy groups -OCH3 is 1. The Kier molecular flexibility index (Phi) is 7.70. The van der Waals surface area contributed by atoms with Crippen LogP contribution in [0.3, 0.4) is 0 Å². The molecule has 1 aliphatic heterocycles. The standard InChI is InChI=1S/C30H35N5O2/c1-22(36)31-25-8-5-7-24(21-25)23-15-19-34(20-16-23)17-6-18-35(26-11-13-27(37-2)14-12-26)30-32-28-9-3-4-10-29(28)33-30/h3-5,7-14,21,23H,6,15-20H2,1-2H3,(H,31,36)(H,32,33). The second-order valence-electron chi connectivity index (χ2n) is 9.70. The lowest BCUT2D eigenvalue weighted by atomic mass is 9.89. The molecule has 7 heteroatoms. The monoisotopic (exact) mass is 497 g/mol. The number of rotatable bonds is 9. The lowest BCUT2D eigenvalue weighted by Crippen LogP contribution is -2.35. The molecule has 2 N–H and O–H groups in total. The number of aromatic amines is 1. The first-order valence-electron chi connectivity index (χ1n) is 13.1. The molecule has 0 atom stereocenters. The van der Waals surface area contributed by atoms with Crippen LogP contribution in [0.2, 0.25) is 0 Å². The molecule has 1 aromatic heterocycles. The Morgan fingerprint density at radius 2 is 1.86 bits per heavy atom. The third-order valence-electron chi connectivity index (χ3n) is 7.14. The zero-order valence-corrected chi connectivity index (χ0v) is 21.6. The number of anilines is 3. The van der Waals surface area contributed by atoms with Gasteiger partial charge in [-0.15, -0.1) is 0 Å². The molecule has 0 saturated carbocycles. The number of carbonyl (C=O) groups excluding carboxylic acids is 1. The van der Waals surface area contributed by atoms with E-state index in [-0.39, 0.29) is 5.91 Å². The van der Waals surface area contributed by atoms with Gasteiger partial charge in [-0.2, -0.15) is 0 Å². The maximum atomic E-state index is 11.4. The zero-order chi connectivity index (χ0) is 25.6. The number of piperidine rings is 1. The minimum absolute atomic E-state index is 0.0294. The highest BCUT2D eigenvalue weighted by molar-refractivity contribution is 5.88. The van der Waals surface area contributed by atoms with Crippen molar-refractivity contribution in [2.24, 2.45) is 0 Å². The van der Waals surface area contributed by atoms with Crippen molar-refractivity contribution in [2.75, 3.05) is 43.5 Å². The number of fused-ring (bicyclic) bond motifs is 1. The van der Waals surface area contributed by atoms with Crippen molar-refractivity contribution in [1.82, 2.24) is 14.9 Å². The van der Waals surface area contributed by atoms with Crippen LogP contribution in [0.1, 0.15) is 37.7 Å². The number of ether oxygens (including phenoxy) is 1. The molecular formula is C30H35N5O2. The lowest BCUT2D eigenvalue weighted by molar-refractivity contribution is -0.114. The van der Waals surface area contributed by atoms with Crippen LogP contribution < -0.4 is 15.0 Å². The average Bonchev–Trinajstić information content (AvgIpc) is 3.35. The number of aromatic nitrogens is 2. The Bertz CT molecular complexity index is 1290. The minimum atomic E-state index is -0.0294. The summed E-state index contributed by atoms with van der Waals surface area (Å²) in [6.07, 6.45) is 3.30. The second kappa shape index (κ2) is 11.5. The van der Waals surface area contributed by atoms with Crippen LogP contribution >= 0.6 is 0 Å². The summed E-state index contributed by atoms with van der Waals surface area (Å²) in [7, 11) is 1.69. The van der Waals surface area contributed by atoms with Crippen LogP contribution in [0.25, 0.3) is 11.0 Å². The number of imidazole rings is 1. The summed E-state index contributed by atoms with van der Waals surface area (Å²) in [5, 5.41) is 2.90. The first-order valence-corrected chi connectivity index (χ1v) is 13.1. The summed E-state index contributed by atoms with van der Waals surface area (Å²) in [5.41, 5.74) is 5.32. The molecule has 1 fully saturated rings. The number of carbonyl (C=O) groups is 1. The van der Waals surface area contributed by atoms with Crippen LogP contribution in [0.4, 0.5) is 17.3 Å². The highest BCUT2D eigenvalue weighted by Gasteiger charge is 2.21. The van der Waals surface area contributed by atoms with Gasteiger partial charge in [0.25, 0.3) is 0 Å². The highest BCUT2D eigenvalue weighted by Crippen LogP contribution is 2.30. The number of benzene rings is 3. The number of hydrogen-bond acceptors (Lipinski definition) is 5. The number of hydrogen-bond donors (Lipinski definition) is 2. The molecule has 0 radical (unpaired) electrons. The molecule has 192 valence electrons. The summed E-state index contributed by atoms with van der Waals surface area (Å²) < 4.78 is 5.36. The molecule has 2 heterocycles. The summed E-state index contributed by atoms with van der Waals surface area (Å²) in [4.78, 5) is 24.6. The van der Waals surface area contributed by atoms with Gasteiger partial charge in [-0.25, -0.2) is 4.98 Å². The molecular weight excluding hydrogens is 462 g/mol. The quantitative estimate of drug-likeness (QED) is 0.299. The molecule has 1 aliphatic rings. The molecule has 0 unspecified atom stereocenters. The van der Waals surface area contributed by atoms with Gasteiger partial charge >= 0.3 is 0 Å². The van der Waals surface area contributed by atoms with E-state index >= 15 is 0 Å². The van der Waals surface area contributed by atoms with E-state index < -0.39 is 0 Å². The number of H-pyrrole nitrogens is 1. The molecule has 7 nitrogen and oxygen atoms in total. The molecule has 1 saturated heterocycles. The molecule has 3 aromatic carbocycles. The fourth-order valence-electron chi connectivity index (χ4n) is 5.20. The van der Waals surface area contributed by atoms with Gasteiger partial charge in [0.1, 0.15) is 5.75 Å². The van der Waals surface area contributed by atoms with Crippen molar-refractivity contribution in [1.29, 1.82) is 0 Å². The first-order chi connectivity index (χ1) is 18.1. The number of nitrogens with one attached hydrogen (secondary N) is 2. The predicted octanol–water partition coefficient (Wildman–Crippen LogP) is 5.94. The number of para-hydroxylation sites is 2. The van der Waals surface area contributed by atoms with E-state index in [1.807, 2.05) is 42.5 Å². The summed E-state index contributed by atoms with van der Waals surface area (Å²) >= 11 is 0. The van der Waals surface area contributed by atoms with Gasteiger partial charge in [-0.3, -0.25) is 4.79 Å². The fraction of sp³-hybridized carbons (Fsp3) is 0.333. The Hall–Kier alpha value is -3.84. The molecule has 4 aromatic rings. The van der Waals surface area contributed by atoms with Gasteiger partial charge < -0.3 is 24.8 Å². The van der Waals surface area contributed by atoms with Crippen LogP contribution in [-0.4, -0.2) is 54.1 Å². The molecule has 0 aliphatic carbocycles. The molecule has 0 spiro atoms. The van der Waals surface area contributed by atoms with Gasteiger partial charge in [0.15, 0.2) is 0 Å². The summed E-state index contributed by atoms with van der Waals surface area (Å²) in [6.45, 7) is 5.63. The van der Waals surface area contributed by atoms with Crippen molar-refractivity contribution in [3.8, 4) is 5.75 Å². The maximum Gasteiger partial charge on any atom is 0.221 e. The van der Waals surface area contributed by atoms with Crippen LogP contribution in [-0.2, 0) is 4.79 Å². The van der Waals surface area contributed by atoms with E-state index in [0.717, 1.165) is 79.5 Å². The van der Waals surface area contributed by atoms with E-state index in [9.17, 15) is 4.79 Å². The van der Waals surface area contributed by atoms with E-state index in [1.54, 1.807) is 14.0 Å². The van der Waals surface area contributed by atoms with Gasteiger partial charge in [0.05, 0.1) is 18.1 Å². The SMILES string of the molecule is COc1ccc(N(CCCN2CCC(c3cccc(NC(C)=O)c3)CC2)c2nc3ccccc3[nH]2)cc1. The van der Waals surface area contributed by atoms with E-state index in [2.05, 4.69) is 50.4 Å². The van der Waals surface area contributed by atoms with Gasteiger partial charge in [-0.1, -0.05) is 24.3 Å². The molecule has 5 rings (SSSR count). The first kappa shape index (κ1) is 24.8. The Morgan fingerprint density at radius 3 is 2.59 bits per heavy atom. The van der Waals surface area contributed by atoms with Crippen LogP contribution in [0, 0.1) is 0 Å². The lowest BCUT2D eigenvalue weighted by Gasteiger charge is -2.33. The van der Waals surface area contributed by atoms with E-state index in [0.29, 0.717) is 5.92 Å². The third kappa shape index (κ3) is 6.12. The number of nitrogens with zero attached hydrogens (tertiary/aromatic N) is 3. The number of likely N-dealkylation sites (tertiary alicyclic amines) is 1. The van der Waals surface area contributed by atoms with Crippen molar-refractivity contribution in [2.45, 2.75) is 32.1 Å². The van der Waals surface area contributed by atoms with E-state index in [4.69, 9.17) is 9.72 Å². The van der Waals surface area contributed by atoms with E-state index in [1.165, 1.54) is 5.56 Å². The van der Waals surface area contributed by atoms with Crippen LogP contribution in [0.5, 0.6) is 5.75 Å². The Balaban J connectivity index is 1.20. The van der Waals surface area contributed by atoms with Crippen molar-refractivity contribution < 1.29 is 9.53 Å². The maximum absolute atomic E-state index is 11.4. The topological polar surface area (TPSA) is 73.5 Å². The summed E-state index contributed by atoms with van der Waals surface area (Å²) in [5.74, 6) is 2.22. The Morgan fingerprint density at radius 1 is 1.08 bits per heavy atom. The molecule has 37 heavy (non-hydrogen) atoms. The third-order valence-corrected chi connectivity index (χ3v) is 7.14.